The maximum Gasteiger partial charge on any atom is 0.292 e. The Morgan fingerprint density at radius 1 is 1.00 bits per heavy atom. The van der Waals surface area contributed by atoms with Gasteiger partial charge < -0.3 is 5.73 Å². The number of benzene rings is 2. The molecular formula is C18H24N2O2. The molecule has 0 saturated heterocycles. The van der Waals surface area contributed by atoms with Gasteiger partial charge in [-0.3, -0.25) is 10.1 Å². The average Bonchev–Trinajstić information content (AvgIpc) is 2.58. The summed E-state index contributed by atoms with van der Waals surface area (Å²) < 4.78 is 0. The molecule has 0 saturated carbocycles. The van der Waals surface area contributed by atoms with Crippen molar-refractivity contribution in [2.45, 2.75) is 27.7 Å². The standard InChI is InChI=1S/C14H12N2O2.2C2H6/c1-10(11-5-3-2-4-6-11)12-7-8-14(16(17)18)13(15)9-12;2*1-2/h2-9H,1,15H2;2*1-2H3. The first kappa shape index (κ1) is 19.4. The number of nitrogen functional groups attached to an aromatic ring is 1. The third-order valence-electron chi connectivity index (χ3n) is 2.69. The van der Waals surface area contributed by atoms with Crippen molar-refractivity contribution in [3.05, 3.63) is 76.4 Å². The highest BCUT2D eigenvalue weighted by molar-refractivity contribution is 5.80. The predicted octanol–water partition coefficient (Wildman–Crippen LogP) is 5.29. The maximum atomic E-state index is 10.7. The Bertz CT molecular complexity index is 608. The minimum atomic E-state index is -0.496. The summed E-state index contributed by atoms with van der Waals surface area (Å²) in [6, 6.07) is 14.2. The van der Waals surface area contributed by atoms with Gasteiger partial charge in [0.05, 0.1) is 4.92 Å². The van der Waals surface area contributed by atoms with E-state index in [0.29, 0.717) is 0 Å². The Kier molecular flexibility index (Phi) is 8.95. The van der Waals surface area contributed by atoms with E-state index in [2.05, 4.69) is 6.58 Å². The molecule has 0 radical (unpaired) electrons. The van der Waals surface area contributed by atoms with E-state index in [1.807, 2.05) is 58.0 Å². The molecule has 0 atom stereocenters. The highest BCUT2D eigenvalue weighted by atomic mass is 16.6. The molecule has 0 unspecified atom stereocenters. The van der Waals surface area contributed by atoms with E-state index < -0.39 is 4.92 Å². The SMILES string of the molecule is C=C(c1ccccc1)c1ccc([N+](=O)[O-])c(N)c1.CC.CC. The summed E-state index contributed by atoms with van der Waals surface area (Å²) in [6.07, 6.45) is 0. The highest BCUT2D eigenvalue weighted by Gasteiger charge is 2.12. The van der Waals surface area contributed by atoms with Crippen molar-refractivity contribution >= 4 is 16.9 Å². The minimum Gasteiger partial charge on any atom is -0.393 e. The molecule has 0 heterocycles. The normalized spacial score (nSPS) is 8.73. The maximum absolute atomic E-state index is 10.7. The van der Waals surface area contributed by atoms with Crippen LogP contribution in [0, 0.1) is 10.1 Å². The van der Waals surface area contributed by atoms with Gasteiger partial charge in [0.2, 0.25) is 0 Å². The summed E-state index contributed by atoms with van der Waals surface area (Å²) in [7, 11) is 0. The molecule has 0 fully saturated rings. The molecule has 0 aliphatic carbocycles. The lowest BCUT2D eigenvalue weighted by Crippen LogP contribution is -1.97. The van der Waals surface area contributed by atoms with Gasteiger partial charge in [-0.1, -0.05) is 64.6 Å². The van der Waals surface area contributed by atoms with Gasteiger partial charge in [0.1, 0.15) is 5.69 Å². The third-order valence-corrected chi connectivity index (χ3v) is 2.69. The largest absolute Gasteiger partial charge is 0.393 e. The smallest absolute Gasteiger partial charge is 0.292 e. The van der Waals surface area contributed by atoms with Crippen LogP contribution < -0.4 is 5.73 Å². The molecule has 0 spiro atoms. The Hall–Kier alpha value is -2.62. The van der Waals surface area contributed by atoms with E-state index in [9.17, 15) is 10.1 Å². The van der Waals surface area contributed by atoms with Gasteiger partial charge in [0.25, 0.3) is 5.69 Å². The van der Waals surface area contributed by atoms with E-state index in [4.69, 9.17) is 5.73 Å². The third kappa shape index (κ3) is 5.05. The lowest BCUT2D eigenvalue weighted by Gasteiger charge is -2.07. The lowest BCUT2D eigenvalue weighted by atomic mass is 9.99. The summed E-state index contributed by atoms with van der Waals surface area (Å²) >= 11 is 0. The Labute approximate surface area is 132 Å². The second kappa shape index (κ2) is 10.2. The molecule has 0 aliphatic rings. The number of nitrogens with two attached hydrogens (primary N) is 1. The van der Waals surface area contributed by atoms with Crippen LogP contribution in [0.2, 0.25) is 0 Å². The Morgan fingerprint density at radius 2 is 1.55 bits per heavy atom. The van der Waals surface area contributed by atoms with Crippen molar-refractivity contribution in [2.24, 2.45) is 0 Å². The molecule has 0 amide bonds. The van der Waals surface area contributed by atoms with Crippen LogP contribution in [0.15, 0.2) is 55.1 Å². The van der Waals surface area contributed by atoms with Gasteiger partial charge in [-0.2, -0.15) is 0 Å². The van der Waals surface area contributed by atoms with Crippen LogP contribution in [-0.4, -0.2) is 4.92 Å². The van der Waals surface area contributed by atoms with Gasteiger partial charge in [0, 0.05) is 6.07 Å². The van der Waals surface area contributed by atoms with Gasteiger partial charge in [0.15, 0.2) is 0 Å². The minimum absolute atomic E-state index is 0.0837. The molecule has 4 heteroatoms. The number of nitrogens with zero attached hydrogens (tertiary/aromatic N) is 1. The predicted molar refractivity (Wildman–Crippen MR) is 94.8 cm³/mol. The van der Waals surface area contributed by atoms with Crippen LogP contribution in [0.5, 0.6) is 0 Å². The van der Waals surface area contributed by atoms with Gasteiger partial charge in [-0.05, 0) is 28.8 Å². The van der Waals surface area contributed by atoms with Crippen LogP contribution in [-0.2, 0) is 0 Å². The highest BCUT2D eigenvalue weighted by Crippen LogP contribution is 2.28. The molecule has 0 aliphatic heterocycles. The van der Waals surface area contributed by atoms with E-state index in [1.54, 1.807) is 12.1 Å². The van der Waals surface area contributed by atoms with Gasteiger partial charge >= 0.3 is 0 Å². The number of rotatable bonds is 3. The van der Waals surface area contributed by atoms with E-state index in [0.717, 1.165) is 16.7 Å². The van der Waals surface area contributed by atoms with Gasteiger partial charge in [-0.25, -0.2) is 0 Å². The zero-order valence-electron chi connectivity index (χ0n) is 13.7. The summed E-state index contributed by atoms with van der Waals surface area (Å²) in [5.41, 5.74) is 8.25. The van der Waals surface area contributed by atoms with Crippen LogP contribution >= 0.6 is 0 Å². The molecule has 2 N–H and O–H groups in total. The average molecular weight is 300 g/mol. The van der Waals surface area contributed by atoms with E-state index in [1.165, 1.54) is 6.07 Å². The van der Waals surface area contributed by atoms with Crippen LogP contribution in [0.4, 0.5) is 11.4 Å². The van der Waals surface area contributed by atoms with Crippen molar-refractivity contribution in [1.29, 1.82) is 0 Å². The molecule has 2 aromatic carbocycles. The second-order valence-electron chi connectivity index (χ2n) is 3.88. The summed E-state index contributed by atoms with van der Waals surface area (Å²) in [5.74, 6) is 0. The van der Waals surface area contributed by atoms with Gasteiger partial charge in [-0.15, -0.1) is 0 Å². The first-order chi connectivity index (χ1) is 10.6. The van der Waals surface area contributed by atoms with Crippen molar-refractivity contribution in [2.75, 3.05) is 5.73 Å². The van der Waals surface area contributed by atoms with Crippen LogP contribution in [0.3, 0.4) is 0 Å². The number of nitro groups is 1. The van der Waals surface area contributed by atoms with Crippen molar-refractivity contribution in [1.82, 2.24) is 0 Å². The molecule has 2 rings (SSSR count). The summed E-state index contributed by atoms with van der Waals surface area (Å²) in [5, 5.41) is 10.7. The number of hydrogen-bond donors (Lipinski definition) is 1. The zero-order valence-corrected chi connectivity index (χ0v) is 13.7. The first-order valence-corrected chi connectivity index (χ1v) is 7.38. The molecule has 22 heavy (non-hydrogen) atoms. The monoisotopic (exact) mass is 300 g/mol. The van der Waals surface area contributed by atoms with Crippen molar-refractivity contribution < 1.29 is 4.92 Å². The van der Waals surface area contributed by atoms with Crippen molar-refractivity contribution in [3.63, 3.8) is 0 Å². The quantitative estimate of drug-likeness (QED) is 0.475. The molecule has 0 bridgehead atoms. The van der Waals surface area contributed by atoms with E-state index >= 15 is 0 Å². The first-order valence-electron chi connectivity index (χ1n) is 7.38. The molecular weight excluding hydrogens is 276 g/mol. The fourth-order valence-corrected chi connectivity index (χ4v) is 1.71. The number of hydrogen-bond acceptors (Lipinski definition) is 3. The molecule has 0 aromatic heterocycles. The van der Waals surface area contributed by atoms with Crippen molar-refractivity contribution in [3.8, 4) is 0 Å². The zero-order chi connectivity index (χ0) is 17.1. The topological polar surface area (TPSA) is 69.2 Å². The van der Waals surface area contributed by atoms with E-state index in [-0.39, 0.29) is 11.4 Å². The molecule has 118 valence electrons. The number of anilines is 1. The fourth-order valence-electron chi connectivity index (χ4n) is 1.71. The van der Waals surface area contributed by atoms with Crippen LogP contribution in [0.25, 0.3) is 5.57 Å². The second-order valence-corrected chi connectivity index (χ2v) is 3.88. The fraction of sp³-hybridized carbons (Fsp3) is 0.222. The molecule has 2 aromatic rings. The lowest BCUT2D eigenvalue weighted by molar-refractivity contribution is -0.383. The summed E-state index contributed by atoms with van der Waals surface area (Å²) in [6.45, 7) is 12.0. The summed E-state index contributed by atoms with van der Waals surface area (Å²) in [4.78, 5) is 10.2. The number of nitro benzene ring substituents is 1. The Balaban J connectivity index is 0.00000102. The molecule has 4 nitrogen and oxygen atoms in total. The van der Waals surface area contributed by atoms with Crippen LogP contribution in [0.1, 0.15) is 38.8 Å². The Morgan fingerprint density at radius 3 is 2.00 bits per heavy atom.